The molecule has 3 nitrogen and oxygen atoms in total. The molecule has 0 aromatic heterocycles. The Labute approximate surface area is 130 Å². The Bertz CT molecular complexity index is 489. The van der Waals surface area contributed by atoms with E-state index >= 15 is 0 Å². The van der Waals surface area contributed by atoms with Crippen LogP contribution in [0.4, 0.5) is 5.69 Å². The number of halogens is 1. The number of anilines is 1. The first-order valence-corrected chi connectivity index (χ1v) is 8.37. The monoisotopic (exact) mass is 337 g/mol. The van der Waals surface area contributed by atoms with Gasteiger partial charge in [0.1, 0.15) is 0 Å². The molecule has 2 heterocycles. The largest absolute Gasteiger partial charge is 0.370 e. The molecule has 0 spiro atoms. The maximum atomic E-state index is 5.99. The van der Waals surface area contributed by atoms with Crippen LogP contribution >= 0.6 is 15.9 Å². The van der Waals surface area contributed by atoms with Gasteiger partial charge in [0.05, 0.1) is 0 Å². The molecular weight excluding hydrogens is 314 g/mol. The predicted molar refractivity (Wildman–Crippen MR) is 88.1 cm³/mol. The summed E-state index contributed by atoms with van der Waals surface area (Å²) in [4.78, 5) is 5.13. The van der Waals surface area contributed by atoms with Crippen molar-refractivity contribution in [1.82, 2.24) is 4.90 Å². The van der Waals surface area contributed by atoms with E-state index in [0.717, 1.165) is 29.6 Å². The lowest BCUT2D eigenvalue weighted by Crippen LogP contribution is -2.36. The van der Waals surface area contributed by atoms with E-state index < -0.39 is 0 Å². The molecule has 0 aliphatic carbocycles. The molecule has 3 rings (SSSR count). The minimum atomic E-state index is 0.0738. The van der Waals surface area contributed by atoms with Crippen molar-refractivity contribution in [2.24, 2.45) is 5.73 Å². The molecule has 1 aromatic carbocycles. The highest BCUT2D eigenvalue weighted by atomic mass is 79.9. The van der Waals surface area contributed by atoms with Crippen LogP contribution in [-0.2, 0) is 0 Å². The maximum absolute atomic E-state index is 5.99. The van der Waals surface area contributed by atoms with Crippen LogP contribution in [0.5, 0.6) is 0 Å². The molecule has 2 N–H and O–H groups in total. The summed E-state index contributed by atoms with van der Waals surface area (Å²) in [5.41, 5.74) is 8.49. The van der Waals surface area contributed by atoms with Crippen molar-refractivity contribution in [3.8, 4) is 0 Å². The summed E-state index contributed by atoms with van der Waals surface area (Å²) in [6.45, 7) is 4.34. The van der Waals surface area contributed by atoms with Gasteiger partial charge in [-0.25, -0.2) is 0 Å². The SMILES string of the molecule is C[C@H](N)c1ccc(N2CCC3CCC(C2)N3C)cc1Br. The maximum Gasteiger partial charge on any atom is 0.0378 e. The smallest absolute Gasteiger partial charge is 0.0378 e. The van der Waals surface area contributed by atoms with Gasteiger partial charge in [-0.2, -0.15) is 0 Å². The fourth-order valence-corrected chi connectivity index (χ4v) is 4.35. The van der Waals surface area contributed by atoms with Crippen molar-refractivity contribution in [1.29, 1.82) is 0 Å². The van der Waals surface area contributed by atoms with Gasteiger partial charge in [-0.05, 0) is 50.9 Å². The lowest BCUT2D eigenvalue weighted by molar-refractivity contribution is 0.254. The van der Waals surface area contributed by atoms with Gasteiger partial charge in [-0.15, -0.1) is 0 Å². The summed E-state index contributed by atoms with van der Waals surface area (Å²) >= 11 is 3.67. The number of hydrogen-bond acceptors (Lipinski definition) is 3. The van der Waals surface area contributed by atoms with Crippen molar-refractivity contribution >= 4 is 21.6 Å². The normalized spacial score (nSPS) is 28.5. The zero-order chi connectivity index (χ0) is 14.3. The molecule has 2 unspecified atom stereocenters. The van der Waals surface area contributed by atoms with Gasteiger partial charge < -0.3 is 10.6 Å². The molecule has 0 saturated carbocycles. The summed E-state index contributed by atoms with van der Waals surface area (Å²) in [6, 6.07) is 8.20. The highest BCUT2D eigenvalue weighted by Crippen LogP contribution is 2.33. The molecule has 0 radical (unpaired) electrons. The van der Waals surface area contributed by atoms with Crippen LogP contribution < -0.4 is 10.6 Å². The van der Waals surface area contributed by atoms with Crippen molar-refractivity contribution in [2.45, 2.75) is 44.3 Å². The van der Waals surface area contributed by atoms with Gasteiger partial charge in [0.15, 0.2) is 0 Å². The second-order valence-electron chi connectivity index (χ2n) is 6.28. The average Bonchev–Trinajstić information content (AvgIpc) is 2.62. The molecular formula is C16H24BrN3. The average molecular weight is 338 g/mol. The van der Waals surface area contributed by atoms with Gasteiger partial charge in [0, 0.05) is 41.4 Å². The third-order valence-electron chi connectivity index (χ3n) is 4.99. The Hall–Kier alpha value is -0.580. The summed E-state index contributed by atoms with van der Waals surface area (Å²) < 4.78 is 1.13. The van der Waals surface area contributed by atoms with E-state index in [1.807, 2.05) is 6.92 Å². The molecule has 3 atom stereocenters. The molecule has 4 heteroatoms. The first-order chi connectivity index (χ1) is 9.56. The van der Waals surface area contributed by atoms with Crippen LogP contribution in [0.3, 0.4) is 0 Å². The predicted octanol–water partition coefficient (Wildman–Crippen LogP) is 3.14. The van der Waals surface area contributed by atoms with Crippen molar-refractivity contribution in [3.05, 3.63) is 28.2 Å². The van der Waals surface area contributed by atoms with Crippen LogP contribution in [0.15, 0.2) is 22.7 Å². The topological polar surface area (TPSA) is 32.5 Å². The van der Waals surface area contributed by atoms with Crippen LogP contribution in [0.25, 0.3) is 0 Å². The third kappa shape index (κ3) is 2.61. The zero-order valence-electron chi connectivity index (χ0n) is 12.3. The standard InChI is InChI=1S/C16H24BrN3/c1-11(18)15-6-5-13(9-16(15)17)20-8-7-12-3-4-14(10-20)19(12)2/h5-6,9,11-12,14H,3-4,7-8,10,18H2,1-2H3/t11-,12?,14?/m0/s1. The van der Waals surface area contributed by atoms with Crippen LogP contribution in [-0.4, -0.2) is 37.1 Å². The summed E-state index contributed by atoms with van der Waals surface area (Å²) in [5, 5.41) is 0. The van der Waals surface area contributed by atoms with Crippen molar-refractivity contribution in [3.63, 3.8) is 0 Å². The van der Waals surface area contributed by atoms with Crippen LogP contribution in [0, 0.1) is 0 Å². The quantitative estimate of drug-likeness (QED) is 0.899. The van der Waals surface area contributed by atoms with Gasteiger partial charge in [0.25, 0.3) is 0 Å². The molecule has 2 saturated heterocycles. The van der Waals surface area contributed by atoms with Crippen molar-refractivity contribution < 1.29 is 0 Å². The summed E-state index contributed by atoms with van der Waals surface area (Å²) in [7, 11) is 2.29. The number of rotatable bonds is 2. The van der Waals surface area contributed by atoms with Gasteiger partial charge in [0.2, 0.25) is 0 Å². The molecule has 2 aliphatic heterocycles. The third-order valence-corrected chi connectivity index (χ3v) is 5.67. The van der Waals surface area contributed by atoms with Gasteiger partial charge in [-0.3, -0.25) is 4.90 Å². The van der Waals surface area contributed by atoms with Gasteiger partial charge >= 0.3 is 0 Å². The highest BCUT2D eigenvalue weighted by Gasteiger charge is 2.34. The van der Waals surface area contributed by atoms with E-state index in [4.69, 9.17) is 5.73 Å². The lowest BCUT2D eigenvalue weighted by Gasteiger charge is -2.28. The minimum absolute atomic E-state index is 0.0738. The van der Waals surface area contributed by atoms with Gasteiger partial charge in [-0.1, -0.05) is 22.0 Å². The summed E-state index contributed by atoms with van der Waals surface area (Å²) in [6.07, 6.45) is 4.00. The fraction of sp³-hybridized carbons (Fsp3) is 0.625. The second kappa shape index (κ2) is 5.66. The van der Waals surface area contributed by atoms with Crippen molar-refractivity contribution in [2.75, 3.05) is 25.0 Å². The van der Waals surface area contributed by atoms with E-state index in [1.54, 1.807) is 0 Å². The van der Waals surface area contributed by atoms with E-state index in [1.165, 1.54) is 30.5 Å². The summed E-state index contributed by atoms with van der Waals surface area (Å²) in [5.74, 6) is 0. The highest BCUT2D eigenvalue weighted by molar-refractivity contribution is 9.10. The number of nitrogens with zero attached hydrogens (tertiary/aromatic N) is 2. The van der Waals surface area contributed by atoms with E-state index in [9.17, 15) is 0 Å². The first kappa shape index (κ1) is 14.4. The van der Waals surface area contributed by atoms with E-state index in [2.05, 4.69) is 51.0 Å². The molecule has 110 valence electrons. The lowest BCUT2D eigenvalue weighted by atomic mass is 10.1. The van der Waals surface area contributed by atoms with Crippen LogP contribution in [0.1, 0.15) is 37.8 Å². The Morgan fingerprint density at radius 3 is 2.70 bits per heavy atom. The Kier molecular flexibility index (Phi) is 4.07. The first-order valence-electron chi connectivity index (χ1n) is 7.58. The Balaban J connectivity index is 1.81. The number of nitrogens with two attached hydrogens (primary N) is 1. The fourth-order valence-electron chi connectivity index (χ4n) is 3.63. The second-order valence-corrected chi connectivity index (χ2v) is 7.13. The number of hydrogen-bond donors (Lipinski definition) is 1. The van der Waals surface area contributed by atoms with E-state index in [-0.39, 0.29) is 6.04 Å². The van der Waals surface area contributed by atoms with E-state index in [0.29, 0.717) is 0 Å². The molecule has 2 fully saturated rings. The molecule has 2 bridgehead atoms. The Morgan fingerprint density at radius 1 is 1.25 bits per heavy atom. The van der Waals surface area contributed by atoms with Crippen LogP contribution in [0.2, 0.25) is 0 Å². The number of benzene rings is 1. The molecule has 1 aromatic rings. The molecule has 2 aliphatic rings. The number of fused-ring (bicyclic) bond motifs is 2. The minimum Gasteiger partial charge on any atom is -0.370 e. The molecule has 0 amide bonds. The number of likely N-dealkylation sites (N-methyl/N-ethyl adjacent to an activating group) is 1. The Morgan fingerprint density at radius 2 is 2.00 bits per heavy atom. The molecule has 20 heavy (non-hydrogen) atoms. The zero-order valence-corrected chi connectivity index (χ0v) is 13.9.